The van der Waals surface area contributed by atoms with Crippen molar-refractivity contribution in [2.24, 2.45) is 0 Å². The Bertz CT molecular complexity index is 758. The van der Waals surface area contributed by atoms with Crippen LogP contribution in [-0.4, -0.2) is 42.4 Å². The summed E-state index contributed by atoms with van der Waals surface area (Å²) in [7, 11) is 0. The quantitative estimate of drug-likeness (QED) is 0.628. The van der Waals surface area contributed by atoms with Gasteiger partial charge in [0.2, 0.25) is 0 Å². The average molecular weight is 387 g/mol. The van der Waals surface area contributed by atoms with E-state index in [1.54, 1.807) is 18.2 Å². The molecule has 1 aliphatic rings. The van der Waals surface area contributed by atoms with Gasteiger partial charge in [0, 0.05) is 37.1 Å². The number of alkyl halides is 3. The largest absolute Gasteiger partial charge is 0.573 e. The Labute approximate surface area is 151 Å². The molecule has 0 aliphatic carbocycles. The van der Waals surface area contributed by atoms with Gasteiger partial charge in [-0.05, 0) is 23.8 Å². The molecule has 1 saturated heterocycles. The molecule has 3 rings (SSSR count). The molecule has 10 heteroatoms. The molecule has 1 aromatic carbocycles. The van der Waals surface area contributed by atoms with Gasteiger partial charge >= 0.3 is 11.4 Å². The number of hydrogen-bond donors (Lipinski definition) is 1. The lowest BCUT2D eigenvalue weighted by molar-refractivity contribution is -0.380. The highest BCUT2D eigenvalue weighted by Crippen LogP contribution is 2.37. The smallest absolute Gasteiger partial charge is 0.406 e. The maximum absolute atomic E-state index is 12.3. The lowest BCUT2D eigenvalue weighted by atomic mass is 10.0. The maximum Gasteiger partial charge on any atom is 0.573 e. The minimum atomic E-state index is -4.74. The zero-order chi connectivity index (χ0) is 18.7. The number of hydrogen-bond acceptors (Lipinski definition) is 6. The van der Waals surface area contributed by atoms with E-state index < -0.39 is 11.3 Å². The molecular formula is C16H16F3N3O3S. The highest BCUT2D eigenvalue weighted by atomic mass is 32.1. The van der Waals surface area contributed by atoms with E-state index in [4.69, 9.17) is 0 Å². The SMILES string of the molecule is O=[N+]([O-])c1ccc([C@H](c2ccc(OC(F)(F)F)cc2)N2CCNCC2)s1. The summed E-state index contributed by atoms with van der Waals surface area (Å²) in [5.74, 6) is -0.294. The molecule has 0 saturated carbocycles. The highest BCUT2D eigenvalue weighted by molar-refractivity contribution is 7.15. The number of nitro groups is 1. The van der Waals surface area contributed by atoms with Crippen molar-refractivity contribution in [1.29, 1.82) is 0 Å². The molecule has 0 bridgehead atoms. The normalized spacial score (nSPS) is 17.0. The first-order chi connectivity index (χ1) is 12.3. The number of nitrogens with zero attached hydrogens (tertiary/aromatic N) is 2. The van der Waals surface area contributed by atoms with E-state index in [2.05, 4.69) is 15.0 Å². The van der Waals surface area contributed by atoms with Crippen LogP contribution in [0.4, 0.5) is 18.2 Å². The van der Waals surface area contributed by atoms with Crippen molar-refractivity contribution < 1.29 is 22.8 Å². The number of nitrogens with one attached hydrogen (secondary N) is 1. The molecule has 140 valence electrons. The summed E-state index contributed by atoms with van der Waals surface area (Å²) in [4.78, 5) is 13.5. The first kappa shape index (κ1) is 18.6. The van der Waals surface area contributed by atoms with E-state index in [9.17, 15) is 23.3 Å². The fourth-order valence-electron chi connectivity index (χ4n) is 2.93. The van der Waals surface area contributed by atoms with Crippen LogP contribution in [0.1, 0.15) is 16.5 Å². The van der Waals surface area contributed by atoms with Gasteiger partial charge in [-0.3, -0.25) is 15.0 Å². The van der Waals surface area contributed by atoms with Crippen LogP contribution in [0, 0.1) is 10.1 Å². The number of ether oxygens (including phenoxy) is 1. The van der Waals surface area contributed by atoms with Crippen molar-refractivity contribution in [1.82, 2.24) is 10.2 Å². The van der Waals surface area contributed by atoms with Crippen LogP contribution in [0.25, 0.3) is 0 Å². The summed E-state index contributed by atoms with van der Waals surface area (Å²) in [5.41, 5.74) is 0.762. The molecule has 26 heavy (non-hydrogen) atoms. The first-order valence-corrected chi connectivity index (χ1v) is 8.70. The molecule has 1 fully saturated rings. The lowest BCUT2D eigenvalue weighted by Gasteiger charge is -2.34. The number of piperazine rings is 1. The van der Waals surface area contributed by atoms with Crippen molar-refractivity contribution in [2.45, 2.75) is 12.4 Å². The van der Waals surface area contributed by atoms with Gasteiger partial charge in [0.25, 0.3) is 0 Å². The zero-order valence-corrected chi connectivity index (χ0v) is 14.3. The number of benzene rings is 1. The Balaban J connectivity index is 1.90. The minimum Gasteiger partial charge on any atom is -0.406 e. The molecule has 0 unspecified atom stereocenters. The average Bonchev–Trinajstić information content (AvgIpc) is 3.06. The molecule has 1 N–H and O–H groups in total. The van der Waals surface area contributed by atoms with Crippen molar-refractivity contribution >= 4 is 16.3 Å². The van der Waals surface area contributed by atoms with Crippen LogP contribution in [0.15, 0.2) is 36.4 Å². The number of rotatable bonds is 5. The standard InChI is InChI=1S/C16H16F3N3O3S/c17-16(18,19)25-12-3-1-11(2-4-12)15(21-9-7-20-8-10-21)13-5-6-14(26-13)22(23)24/h1-6,15,20H,7-10H2/t15-/m0/s1. The third-order valence-corrected chi connectivity index (χ3v) is 5.10. The molecule has 1 atom stereocenters. The summed E-state index contributed by atoms with van der Waals surface area (Å²) in [6.45, 7) is 3.02. The predicted octanol–water partition coefficient (Wildman–Crippen LogP) is 3.55. The monoisotopic (exact) mass is 387 g/mol. The topological polar surface area (TPSA) is 67.6 Å². The molecule has 1 aliphatic heterocycles. The van der Waals surface area contributed by atoms with Crippen molar-refractivity contribution in [3.8, 4) is 5.75 Å². The maximum atomic E-state index is 12.3. The van der Waals surface area contributed by atoms with Gasteiger partial charge < -0.3 is 10.1 Å². The van der Waals surface area contributed by atoms with E-state index in [0.29, 0.717) is 0 Å². The Morgan fingerprint density at radius 3 is 2.35 bits per heavy atom. The van der Waals surface area contributed by atoms with Gasteiger partial charge in [0.05, 0.1) is 11.0 Å². The van der Waals surface area contributed by atoms with E-state index in [1.807, 2.05) is 0 Å². The molecule has 2 aromatic rings. The summed E-state index contributed by atoms with van der Waals surface area (Å²) >= 11 is 1.08. The van der Waals surface area contributed by atoms with Crippen LogP contribution in [0.3, 0.4) is 0 Å². The van der Waals surface area contributed by atoms with E-state index in [0.717, 1.165) is 48.0 Å². The zero-order valence-electron chi connectivity index (χ0n) is 13.5. The molecule has 6 nitrogen and oxygen atoms in total. The van der Waals surface area contributed by atoms with Crippen LogP contribution >= 0.6 is 11.3 Å². The Hall–Kier alpha value is -2.17. The van der Waals surface area contributed by atoms with E-state index in [1.165, 1.54) is 18.2 Å². The van der Waals surface area contributed by atoms with Gasteiger partial charge in [-0.25, -0.2) is 0 Å². The van der Waals surface area contributed by atoms with Crippen LogP contribution < -0.4 is 10.1 Å². The van der Waals surface area contributed by atoms with Crippen LogP contribution in [-0.2, 0) is 0 Å². The molecule has 1 aromatic heterocycles. The van der Waals surface area contributed by atoms with Gasteiger partial charge in [0.1, 0.15) is 5.75 Å². The lowest BCUT2D eigenvalue weighted by Crippen LogP contribution is -2.45. The Morgan fingerprint density at radius 1 is 1.15 bits per heavy atom. The third kappa shape index (κ3) is 4.51. The van der Waals surface area contributed by atoms with Gasteiger partial charge in [0.15, 0.2) is 0 Å². The summed E-state index contributed by atoms with van der Waals surface area (Å²) in [6.07, 6.45) is -4.74. The third-order valence-electron chi connectivity index (χ3n) is 4.01. The van der Waals surface area contributed by atoms with Crippen LogP contribution in [0.2, 0.25) is 0 Å². The fraction of sp³-hybridized carbons (Fsp3) is 0.375. The summed E-state index contributed by atoms with van der Waals surface area (Å²) < 4.78 is 40.9. The van der Waals surface area contributed by atoms with Gasteiger partial charge in [-0.15, -0.1) is 13.2 Å². The van der Waals surface area contributed by atoms with Gasteiger partial charge in [-0.1, -0.05) is 23.5 Å². The number of thiophene rings is 1. The predicted molar refractivity (Wildman–Crippen MR) is 90.4 cm³/mol. The van der Waals surface area contributed by atoms with E-state index >= 15 is 0 Å². The van der Waals surface area contributed by atoms with Crippen LogP contribution in [0.5, 0.6) is 5.75 Å². The van der Waals surface area contributed by atoms with Crippen molar-refractivity contribution in [3.05, 3.63) is 57.0 Å². The molecule has 0 amide bonds. The Kier molecular flexibility index (Phi) is 5.44. The molecule has 0 spiro atoms. The molecular weight excluding hydrogens is 371 g/mol. The first-order valence-electron chi connectivity index (χ1n) is 7.88. The molecule has 2 heterocycles. The second-order valence-electron chi connectivity index (χ2n) is 5.74. The van der Waals surface area contributed by atoms with Crippen molar-refractivity contribution in [3.63, 3.8) is 0 Å². The second-order valence-corrected chi connectivity index (χ2v) is 6.83. The summed E-state index contributed by atoms with van der Waals surface area (Å²) in [5, 5.41) is 14.3. The minimum absolute atomic E-state index is 0.0390. The molecule has 0 radical (unpaired) electrons. The van der Waals surface area contributed by atoms with Gasteiger partial charge in [-0.2, -0.15) is 0 Å². The fourth-order valence-corrected chi connectivity index (χ4v) is 3.92. The highest BCUT2D eigenvalue weighted by Gasteiger charge is 2.31. The Morgan fingerprint density at radius 2 is 1.81 bits per heavy atom. The summed E-state index contributed by atoms with van der Waals surface area (Å²) in [6, 6.07) is 8.57. The second kappa shape index (κ2) is 7.60. The van der Waals surface area contributed by atoms with Crippen molar-refractivity contribution in [2.75, 3.05) is 26.2 Å². The number of halogens is 3. The van der Waals surface area contributed by atoms with E-state index in [-0.39, 0.29) is 16.8 Å².